The molecule has 0 saturated carbocycles. The highest BCUT2D eigenvalue weighted by atomic mass is 16.2. The molecule has 8 amide bonds. The Hall–Kier alpha value is -10.7. The minimum absolute atomic E-state index is 0.00129. The van der Waals surface area contributed by atoms with Crippen LogP contribution >= 0.6 is 0 Å². The van der Waals surface area contributed by atoms with E-state index >= 15 is 0 Å². The molecule has 76 heavy (non-hydrogen) atoms. The molecule has 7 rings (SSSR count). The summed E-state index contributed by atoms with van der Waals surface area (Å²) in [6, 6.07) is 7.10. The van der Waals surface area contributed by atoms with Crippen molar-refractivity contribution in [2.24, 2.45) is 53.8 Å². The molecule has 14 N–H and O–H groups in total. The third-order valence-electron chi connectivity index (χ3n) is 11.1. The average molecular weight is 1040 g/mol. The van der Waals surface area contributed by atoms with Crippen molar-refractivity contribution in [3.63, 3.8) is 0 Å². The van der Waals surface area contributed by atoms with Crippen LogP contribution in [0.15, 0.2) is 73.7 Å². The molecule has 0 saturated heterocycles. The van der Waals surface area contributed by atoms with Crippen LogP contribution in [0, 0.1) is 10.8 Å². The highest BCUT2D eigenvalue weighted by molar-refractivity contribution is 6.10. The van der Waals surface area contributed by atoms with E-state index in [4.69, 9.17) is 22.3 Å². The second-order valence-electron chi connectivity index (χ2n) is 17.1. The van der Waals surface area contributed by atoms with Gasteiger partial charge in [0.15, 0.2) is 17.5 Å². The van der Waals surface area contributed by atoms with Crippen molar-refractivity contribution >= 4 is 93.4 Å². The molecular weight excluding hydrogens is 989 g/mol. The van der Waals surface area contributed by atoms with Crippen molar-refractivity contribution in [2.75, 3.05) is 45.0 Å². The molecule has 0 radical (unpaired) electrons. The summed E-state index contributed by atoms with van der Waals surface area (Å²) < 4.78 is 8.67. The second-order valence-corrected chi connectivity index (χ2v) is 17.1. The summed E-state index contributed by atoms with van der Waals surface area (Å²) in [6.07, 6.45) is 10.4. The number of nitrogens with one attached hydrogen (secondary N) is 10. The largest absolute Gasteiger partial charge is 0.388 e. The highest BCUT2D eigenvalue weighted by Crippen LogP contribution is 2.21. The van der Waals surface area contributed by atoms with E-state index in [0.717, 1.165) is 0 Å². The van der Waals surface area contributed by atoms with Crippen LogP contribution < -0.4 is 54.0 Å². The van der Waals surface area contributed by atoms with Gasteiger partial charge in [-0.2, -0.15) is 0 Å². The fraction of sp³-hybridized carbons (Fsp3) is 0.217. The molecule has 0 aliphatic carbocycles. The van der Waals surface area contributed by atoms with Gasteiger partial charge in [-0.3, -0.25) is 54.2 Å². The van der Waals surface area contributed by atoms with Gasteiger partial charge in [0.2, 0.25) is 17.5 Å². The van der Waals surface area contributed by atoms with Crippen molar-refractivity contribution in [2.45, 2.75) is 12.8 Å². The molecule has 7 aromatic rings. The lowest BCUT2D eigenvalue weighted by atomic mass is 10.2. The maximum absolute atomic E-state index is 13.4. The van der Waals surface area contributed by atoms with Crippen LogP contribution in [-0.2, 0) is 42.3 Å². The van der Waals surface area contributed by atoms with Gasteiger partial charge in [0.25, 0.3) is 47.3 Å². The zero-order chi connectivity index (χ0) is 55.1. The number of carbonyl (C=O) groups excluding carboxylic acids is 8. The minimum atomic E-state index is -0.723. The Kier molecular flexibility index (Phi) is 15.7. The second kappa shape index (κ2) is 22.4. The van der Waals surface area contributed by atoms with Gasteiger partial charge in [-0.1, -0.05) is 0 Å². The van der Waals surface area contributed by atoms with Crippen LogP contribution in [0.3, 0.4) is 0 Å². The Labute approximate surface area is 430 Å². The molecule has 7 aromatic heterocycles. The van der Waals surface area contributed by atoms with Crippen LogP contribution in [0.25, 0.3) is 0 Å². The summed E-state index contributed by atoms with van der Waals surface area (Å²) in [5.41, 5.74) is 12.3. The first-order valence-corrected chi connectivity index (χ1v) is 22.7. The van der Waals surface area contributed by atoms with Crippen LogP contribution in [-0.4, -0.2) is 119 Å². The van der Waals surface area contributed by atoms with Gasteiger partial charge in [-0.25, -0.2) is 15.0 Å². The predicted octanol–water partition coefficient (Wildman–Crippen LogP) is 0.923. The summed E-state index contributed by atoms with van der Waals surface area (Å²) >= 11 is 0. The zero-order valence-corrected chi connectivity index (χ0v) is 41.6. The first-order valence-electron chi connectivity index (χ1n) is 22.7. The number of amides is 8. The number of pyridine rings is 1. The number of aryl methyl sites for hydroxylation is 6. The fourth-order valence-electron chi connectivity index (χ4n) is 7.36. The number of aromatic nitrogens is 10. The van der Waals surface area contributed by atoms with Crippen LogP contribution in [0.5, 0.6) is 0 Å². The monoisotopic (exact) mass is 1040 g/mol. The van der Waals surface area contributed by atoms with E-state index < -0.39 is 47.3 Å². The third-order valence-corrected chi connectivity index (χ3v) is 11.1. The van der Waals surface area contributed by atoms with Gasteiger partial charge in [0, 0.05) is 112 Å². The predicted molar refractivity (Wildman–Crippen MR) is 276 cm³/mol. The van der Waals surface area contributed by atoms with Crippen LogP contribution in [0.4, 0.5) is 34.5 Å². The molecule has 7 heterocycles. The summed E-state index contributed by atoms with van der Waals surface area (Å²) in [4.78, 5) is 121. The number of amidine groups is 2. The van der Waals surface area contributed by atoms with E-state index in [9.17, 15) is 38.4 Å². The summed E-state index contributed by atoms with van der Waals surface area (Å²) in [5.74, 6) is -5.02. The Balaban J connectivity index is 0.891. The topological polar surface area (TPSA) is 414 Å². The zero-order valence-electron chi connectivity index (χ0n) is 41.6. The smallest absolute Gasteiger partial charge is 0.292 e. The lowest BCUT2D eigenvalue weighted by molar-refractivity contribution is 0.0935. The molecular formula is C46H52N22O8. The Morgan fingerprint density at radius 3 is 1.21 bits per heavy atom. The number of anilines is 6. The lowest BCUT2D eigenvalue weighted by Gasteiger charge is -2.04. The Morgan fingerprint density at radius 2 is 0.816 bits per heavy atom. The van der Waals surface area contributed by atoms with Crippen LogP contribution in [0.2, 0.25) is 0 Å². The summed E-state index contributed by atoms with van der Waals surface area (Å²) in [6.45, 7) is 0.313. The number of hydrogen-bond donors (Lipinski definition) is 12. The molecule has 394 valence electrons. The molecule has 30 nitrogen and oxygen atoms in total. The van der Waals surface area contributed by atoms with Crippen molar-refractivity contribution in [3.8, 4) is 0 Å². The number of nitrogens with two attached hydrogens (primary N) is 2. The summed E-state index contributed by atoms with van der Waals surface area (Å²) in [5, 5.41) is 35.7. The SMILES string of the molecule is Cn1cc(NC(=O)c2cc(NC(=O)c3cc(NC(=O)c4ccc(C(=O)Nc5cn(C)c(C(=O)Nc6cn(C)c(C(=O)Nc7cn(C)c(C(=O)NCCC(=N)N)n7)n6)n5)nc4)cn3C)cn2C)cc1C(=O)NCCC(=N)N. The Bertz CT molecular complexity index is 3250. The van der Waals surface area contributed by atoms with Gasteiger partial charge >= 0.3 is 0 Å². The molecule has 0 unspecified atom stereocenters. The molecule has 0 spiro atoms. The molecule has 0 aliphatic heterocycles. The van der Waals surface area contributed by atoms with Gasteiger partial charge in [0.05, 0.1) is 34.3 Å². The molecule has 30 heteroatoms. The van der Waals surface area contributed by atoms with E-state index in [1.165, 1.54) is 98.2 Å². The van der Waals surface area contributed by atoms with Crippen molar-refractivity contribution in [1.29, 1.82) is 10.8 Å². The molecule has 0 fully saturated rings. The number of rotatable bonds is 20. The molecule has 0 bridgehead atoms. The van der Waals surface area contributed by atoms with E-state index in [2.05, 4.69) is 62.5 Å². The molecule has 0 atom stereocenters. The van der Waals surface area contributed by atoms with Gasteiger partial charge in [0.1, 0.15) is 22.8 Å². The first-order chi connectivity index (χ1) is 36.0. The van der Waals surface area contributed by atoms with Crippen molar-refractivity contribution in [1.82, 2.24) is 58.0 Å². The molecule has 0 aliphatic rings. The standard InChI is InChI=1S/C46H52N22O8/c1-63-18-25(13-28(63)41(71)51-11-9-31(47)48)55-43(73)30-15-26(19-65(30)3)56-42(72)29-14-24(17-64(29)2)54-39(69)23-7-8-27(53-16-23)40(70)60-33-20-67(5)37(58-33)45(75)62-35-22-68(6)38(59-35)46(76)61-34-21-66(4)36(57-34)44(74)52-12-10-32(49)50/h7-8,13-22H,9-12H2,1-6H3,(H3,47,48)(H3,49,50)(H,51,71)(H,52,74)(H,54,69)(H,55,73)(H,56,72)(H,60,70)(H,61,76)(H,62,75). The number of hydrogen-bond acceptors (Lipinski definition) is 14. The number of nitrogens with zero attached hydrogens (tertiary/aromatic N) is 10. The third kappa shape index (κ3) is 12.7. The van der Waals surface area contributed by atoms with Gasteiger partial charge < -0.3 is 81.4 Å². The first kappa shape index (κ1) is 53.1. The van der Waals surface area contributed by atoms with Gasteiger partial charge in [-0.05, 0) is 30.3 Å². The lowest BCUT2D eigenvalue weighted by Crippen LogP contribution is -2.29. The number of carbonyl (C=O) groups is 8. The quantitative estimate of drug-likeness (QED) is 0.0373. The van der Waals surface area contributed by atoms with Crippen molar-refractivity contribution in [3.05, 3.63) is 120 Å². The summed E-state index contributed by atoms with van der Waals surface area (Å²) in [7, 11) is 9.48. The Morgan fingerprint density at radius 1 is 0.447 bits per heavy atom. The minimum Gasteiger partial charge on any atom is -0.388 e. The van der Waals surface area contributed by atoms with E-state index in [-0.39, 0.29) is 107 Å². The van der Waals surface area contributed by atoms with E-state index in [0.29, 0.717) is 11.4 Å². The van der Waals surface area contributed by atoms with E-state index in [1.54, 1.807) is 45.2 Å². The average Bonchev–Trinajstić information content (AvgIpc) is 4.22. The number of imidazole rings is 3. The van der Waals surface area contributed by atoms with Gasteiger partial charge in [-0.15, -0.1) is 0 Å². The van der Waals surface area contributed by atoms with E-state index in [1.807, 2.05) is 0 Å². The highest BCUT2D eigenvalue weighted by Gasteiger charge is 2.24. The maximum Gasteiger partial charge on any atom is 0.292 e. The fourth-order valence-corrected chi connectivity index (χ4v) is 7.36. The van der Waals surface area contributed by atoms with Crippen LogP contribution in [0.1, 0.15) is 97.0 Å². The normalized spacial score (nSPS) is 10.8. The van der Waals surface area contributed by atoms with Crippen molar-refractivity contribution < 1.29 is 38.4 Å². The maximum atomic E-state index is 13.4. The molecule has 0 aromatic carbocycles.